The molecule has 0 aromatic heterocycles. The molecule has 11 N–H and O–H groups in total. The van der Waals surface area contributed by atoms with E-state index >= 15 is 0 Å². The molecule has 9 atom stereocenters. The number of carboxylic acids is 2. The lowest BCUT2D eigenvalue weighted by atomic mass is 9.86. The van der Waals surface area contributed by atoms with Gasteiger partial charge in [0, 0.05) is 70.4 Å². The molecule has 0 aromatic carbocycles. The largest absolute Gasteiger partial charge is 0.481 e. The van der Waals surface area contributed by atoms with Crippen molar-refractivity contribution in [1.82, 2.24) is 26.2 Å². The van der Waals surface area contributed by atoms with Crippen molar-refractivity contribution >= 4 is 70.4 Å². The van der Waals surface area contributed by atoms with E-state index in [0.29, 0.717) is 32.2 Å². The van der Waals surface area contributed by atoms with Gasteiger partial charge >= 0.3 is 11.9 Å². The number of Topliss-reactive ketones (excluding diaryl/α,β-unsaturated/α-hetero) is 5. The Balaban J connectivity index is 2.10. The fourth-order valence-electron chi connectivity index (χ4n) is 8.83. The maximum Gasteiger partial charge on any atom is 0.306 e. The highest BCUT2D eigenvalue weighted by Crippen LogP contribution is 2.25. The summed E-state index contributed by atoms with van der Waals surface area (Å²) in [6.45, 7) is 9.20. The number of rotatable bonds is 35. The number of carboxylic acid groups (broad SMARTS) is 2. The number of hydrogen-bond donors (Lipinski definition) is 9. The quantitative estimate of drug-likeness (QED) is 0.0384. The summed E-state index contributed by atoms with van der Waals surface area (Å²) in [7, 11) is 0. The first-order chi connectivity index (χ1) is 32.8. The smallest absolute Gasteiger partial charge is 0.306 e. The Hall–Kier alpha value is -5.48. The normalized spacial score (nSPS) is 19.3. The van der Waals surface area contributed by atoms with Crippen molar-refractivity contribution in [1.29, 1.82) is 0 Å². The number of aliphatic hydroxyl groups is 1. The Morgan fingerprint density at radius 2 is 1.36 bits per heavy atom. The molecule has 0 spiro atoms. The first-order valence-corrected chi connectivity index (χ1v) is 24.5. The monoisotopic (exact) mass is 992 g/mol. The molecule has 70 heavy (non-hydrogen) atoms. The molecule has 0 aromatic rings. The van der Waals surface area contributed by atoms with E-state index in [1.54, 1.807) is 13.8 Å². The summed E-state index contributed by atoms with van der Waals surface area (Å²) in [5, 5.41) is 39.6. The molecule has 394 valence electrons. The number of carbonyl (C=O) groups excluding carboxylic acids is 10. The fourth-order valence-corrected chi connectivity index (χ4v) is 8.83. The highest BCUT2D eigenvalue weighted by atomic mass is 16.4. The average molecular weight is 992 g/mol. The molecular formula is C48H77N7O15. The summed E-state index contributed by atoms with van der Waals surface area (Å²) in [5.74, 6) is -12.8. The molecular weight excluding hydrogens is 915 g/mol. The van der Waals surface area contributed by atoms with E-state index in [1.807, 2.05) is 13.8 Å². The second-order valence-corrected chi connectivity index (χ2v) is 19.6. The molecule has 0 bridgehead atoms. The van der Waals surface area contributed by atoms with Gasteiger partial charge in [0.1, 0.15) is 5.78 Å². The van der Waals surface area contributed by atoms with Crippen LogP contribution < -0.4 is 32.7 Å². The lowest BCUT2D eigenvalue weighted by molar-refractivity contribution is -0.145. The number of nitrogens with zero attached hydrogens (tertiary/aromatic N) is 1. The number of carbonyl (C=O) groups is 12. The van der Waals surface area contributed by atoms with Crippen molar-refractivity contribution in [3.8, 4) is 0 Å². The van der Waals surface area contributed by atoms with E-state index in [0.717, 1.165) is 0 Å². The highest BCUT2D eigenvalue weighted by molar-refractivity contribution is 5.98. The van der Waals surface area contributed by atoms with E-state index in [2.05, 4.69) is 21.3 Å². The lowest BCUT2D eigenvalue weighted by Gasteiger charge is -2.27. The predicted octanol–water partition coefficient (Wildman–Crippen LogP) is 0.255. The van der Waals surface area contributed by atoms with E-state index in [-0.39, 0.29) is 94.8 Å². The van der Waals surface area contributed by atoms with Crippen molar-refractivity contribution in [2.75, 3.05) is 19.6 Å². The van der Waals surface area contributed by atoms with Gasteiger partial charge in [-0.3, -0.25) is 57.5 Å². The number of β-amino-alcohol motifs (C(OH)–C–C–N with tert-alkyl or cyclic N) is 1. The third-order valence-electron chi connectivity index (χ3n) is 12.8. The van der Waals surface area contributed by atoms with Gasteiger partial charge in [-0.05, 0) is 70.3 Å². The van der Waals surface area contributed by atoms with E-state index in [1.165, 1.54) is 11.8 Å². The van der Waals surface area contributed by atoms with Gasteiger partial charge < -0.3 is 53.0 Å². The molecule has 2 heterocycles. The molecule has 22 heteroatoms. The number of primary amides is 1. The zero-order chi connectivity index (χ0) is 52.8. The Bertz CT molecular complexity index is 1890. The van der Waals surface area contributed by atoms with Crippen molar-refractivity contribution < 1.29 is 72.9 Å². The van der Waals surface area contributed by atoms with Crippen molar-refractivity contribution in [3.63, 3.8) is 0 Å². The van der Waals surface area contributed by atoms with E-state index < -0.39 is 138 Å². The summed E-state index contributed by atoms with van der Waals surface area (Å²) < 4.78 is 0. The molecule has 2 aliphatic rings. The average Bonchev–Trinajstić information content (AvgIpc) is 3.96. The maximum atomic E-state index is 13.9. The minimum Gasteiger partial charge on any atom is -0.481 e. The van der Waals surface area contributed by atoms with Crippen LogP contribution in [0.1, 0.15) is 144 Å². The molecule has 2 aliphatic heterocycles. The summed E-state index contributed by atoms with van der Waals surface area (Å²) in [6.07, 6.45) is -1.86. The van der Waals surface area contributed by atoms with Gasteiger partial charge in [0.2, 0.25) is 29.5 Å². The van der Waals surface area contributed by atoms with E-state index in [4.69, 9.17) is 11.5 Å². The molecule has 2 saturated heterocycles. The fraction of sp³-hybridized carbons (Fsp3) is 0.750. The second-order valence-electron chi connectivity index (χ2n) is 19.6. The van der Waals surface area contributed by atoms with Crippen LogP contribution in [0.2, 0.25) is 0 Å². The molecule has 2 fully saturated rings. The minimum absolute atomic E-state index is 0.111. The van der Waals surface area contributed by atoms with Gasteiger partial charge in [-0.1, -0.05) is 34.1 Å². The topological polar surface area (TPSA) is 369 Å². The summed E-state index contributed by atoms with van der Waals surface area (Å²) in [4.78, 5) is 157. The first kappa shape index (κ1) is 60.6. The number of hydrogen-bond acceptors (Lipinski definition) is 15. The number of nitrogens with two attached hydrogens (primary N) is 2. The second kappa shape index (κ2) is 30.3. The van der Waals surface area contributed by atoms with Gasteiger partial charge in [-0.25, -0.2) is 0 Å². The van der Waals surface area contributed by atoms with Crippen molar-refractivity contribution in [2.24, 2.45) is 41.1 Å². The zero-order valence-electron chi connectivity index (χ0n) is 41.3. The van der Waals surface area contributed by atoms with Crippen LogP contribution in [-0.2, 0) is 57.5 Å². The zero-order valence-corrected chi connectivity index (χ0v) is 41.3. The number of nitrogens with one attached hydrogen (secondary N) is 4. The SMILES string of the molecule is CC(C)C[C@H](CC(=O)[C@@H](NC(=O)[C@H](CC(=O)O)CC(=O)[C@H](CCC(N)=O)NC(=O)CCC(=O)[C@@H]1C[C@@H](O)CN1)C(C)C)C(=O)N[C@@H](C)C(=O)CCC(=O)N1CCC[C@H]1C(=O)C[C@@H](CCCCN)C(=O)O. The molecule has 0 aliphatic carbocycles. The number of likely N-dealkylation sites (tertiary alicyclic amines) is 1. The molecule has 5 amide bonds. The number of ketones is 5. The lowest BCUT2D eigenvalue weighted by Crippen LogP contribution is -2.50. The molecule has 0 unspecified atom stereocenters. The van der Waals surface area contributed by atoms with Gasteiger partial charge in [-0.2, -0.15) is 0 Å². The van der Waals surface area contributed by atoms with Crippen LogP contribution in [0, 0.1) is 29.6 Å². The third-order valence-corrected chi connectivity index (χ3v) is 12.8. The van der Waals surface area contributed by atoms with Gasteiger partial charge in [0.05, 0.1) is 54.6 Å². The molecule has 2 rings (SSSR count). The molecule has 0 saturated carbocycles. The Kier molecular flexibility index (Phi) is 26.2. The summed E-state index contributed by atoms with van der Waals surface area (Å²) in [5.41, 5.74) is 10.8. The Morgan fingerprint density at radius 1 is 0.700 bits per heavy atom. The third kappa shape index (κ3) is 21.3. The van der Waals surface area contributed by atoms with E-state index in [9.17, 15) is 72.9 Å². The maximum absolute atomic E-state index is 13.9. The predicted molar refractivity (Wildman–Crippen MR) is 252 cm³/mol. The van der Waals surface area contributed by atoms with Crippen LogP contribution in [0.15, 0.2) is 0 Å². The minimum atomic E-state index is -1.54. The van der Waals surface area contributed by atoms with Crippen LogP contribution in [-0.4, -0.2) is 147 Å². The standard InChI is InChI=1S/C48H77N7O15/c1-26(2)19-30(46(67)52-28(5)36(57)13-16-43(64)55-18-8-10-35(55)39(60)20-29(48(69)70)9-6-7-17-49)22-40(61)45(27(3)4)54-47(68)31(23-44(65)66)21-38(59)33(11-14-41(50)62)53-42(63)15-12-37(58)34-24-32(56)25-51-34/h26-35,45,51,56H,6-25,49H2,1-5H3,(H2,50,62)(H,52,67)(H,53,63)(H,54,68)(H,65,66)(H,69,70)/t28-,29+,30+,31-,32+,33-,34-,35-,45-/m0/s1. The first-order valence-electron chi connectivity index (χ1n) is 24.5. The van der Waals surface area contributed by atoms with Crippen molar-refractivity contribution in [3.05, 3.63) is 0 Å². The van der Waals surface area contributed by atoms with Crippen LogP contribution >= 0.6 is 0 Å². The Labute approximate surface area is 409 Å². The van der Waals surface area contributed by atoms with Crippen molar-refractivity contribution in [2.45, 2.75) is 180 Å². The molecule has 22 nitrogen and oxygen atoms in total. The number of aliphatic carboxylic acids is 2. The number of unbranched alkanes of at least 4 members (excludes halogenated alkanes) is 1. The number of aliphatic hydroxyl groups excluding tert-OH is 1. The number of amides is 5. The highest BCUT2D eigenvalue weighted by Gasteiger charge is 2.38. The van der Waals surface area contributed by atoms with Gasteiger partial charge in [0.15, 0.2) is 23.1 Å². The van der Waals surface area contributed by atoms with Crippen LogP contribution in [0.25, 0.3) is 0 Å². The van der Waals surface area contributed by atoms with Gasteiger partial charge in [-0.15, -0.1) is 0 Å². The van der Waals surface area contributed by atoms with Crippen LogP contribution in [0.3, 0.4) is 0 Å². The molecule has 0 radical (unpaired) electrons. The van der Waals surface area contributed by atoms with Crippen LogP contribution in [0.4, 0.5) is 0 Å². The van der Waals surface area contributed by atoms with Crippen LogP contribution in [0.5, 0.6) is 0 Å². The summed E-state index contributed by atoms with van der Waals surface area (Å²) >= 11 is 0. The Morgan fingerprint density at radius 3 is 1.93 bits per heavy atom. The van der Waals surface area contributed by atoms with Gasteiger partial charge in [0.25, 0.3) is 0 Å². The summed E-state index contributed by atoms with van der Waals surface area (Å²) in [6, 6.07) is -5.15.